The molecule has 8 heteroatoms. The minimum absolute atomic E-state index is 0.222. The molecule has 0 spiro atoms. The van der Waals surface area contributed by atoms with Gasteiger partial charge in [0.05, 0.1) is 22.6 Å². The fraction of sp³-hybridized carbons (Fsp3) is 0.276. The van der Waals surface area contributed by atoms with Crippen LogP contribution < -0.4 is 10.6 Å². The van der Waals surface area contributed by atoms with Gasteiger partial charge in [-0.2, -0.15) is 0 Å². The van der Waals surface area contributed by atoms with Crippen LogP contribution in [0.3, 0.4) is 0 Å². The van der Waals surface area contributed by atoms with Gasteiger partial charge in [0.2, 0.25) is 5.95 Å². The Morgan fingerprint density at radius 1 is 1.05 bits per heavy atom. The number of aryl methyl sites for hydroxylation is 1. The van der Waals surface area contributed by atoms with Gasteiger partial charge in [0.15, 0.2) is 0 Å². The van der Waals surface area contributed by atoms with Gasteiger partial charge in [-0.05, 0) is 81.6 Å². The molecule has 1 aliphatic heterocycles. The van der Waals surface area contributed by atoms with Crippen LogP contribution in [0, 0.1) is 6.92 Å². The predicted molar refractivity (Wildman–Crippen MR) is 146 cm³/mol. The minimum Gasteiger partial charge on any atom is -0.323 e. The van der Waals surface area contributed by atoms with Crippen LogP contribution in [0.4, 0.5) is 17.3 Å². The van der Waals surface area contributed by atoms with Crippen LogP contribution in [0.15, 0.2) is 73.3 Å². The fourth-order valence-corrected chi connectivity index (χ4v) is 4.57. The zero-order chi connectivity index (χ0) is 25.8. The summed E-state index contributed by atoms with van der Waals surface area (Å²) in [6.45, 7) is 8.58. The Labute approximate surface area is 217 Å². The number of rotatable bonds is 7. The maximum atomic E-state index is 13.0. The Morgan fingerprint density at radius 2 is 1.89 bits per heavy atom. The highest BCUT2D eigenvalue weighted by Crippen LogP contribution is 2.29. The number of carbonyl (C=O) groups excluding carboxylic acids is 1. The largest absolute Gasteiger partial charge is 0.323 e. The molecule has 8 nitrogen and oxygen atoms in total. The van der Waals surface area contributed by atoms with Gasteiger partial charge in [-0.3, -0.25) is 14.8 Å². The molecule has 1 saturated heterocycles. The first kappa shape index (κ1) is 24.5. The number of pyridine rings is 2. The average Bonchev–Trinajstić information content (AvgIpc) is 3.42. The van der Waals surface area contributed by atoms with Crippen LogP contribution in [-0.2, 0) is 0 Å². The van der Waals surface area contributed by atoms with Crippen LogP contribution in [0.1, 0.15) is 47.8 Å². The molecule has 4 aromatic rings. The number of hydrogen-bond donors (Lipinski definition) is 2. The Balaban J connectivity index is 1.26. The lowest BCUT2D eigenvalue weighted by Gasteiger charge is -2.20. The second-order valence-corrected chi connectivity index (χ2v) is 9.64. The molecule has 0 saturated carbocycles. The molecular formula is C29H31N7O. The van der Waals surface area contributed by atoms with E-state index in [2.05, 4.69) is 61.4 Å². The molecule has 1 atom stereocenters. The summed E-state index contributed by atoms with van der Waals surface area (Å²) in [6, 6.07) is 16.2. The van der Waals surface area contributed by atoms with Crippen LogP contribution in [0.25, 0.3) is 11.3 Å². The molecule has 1 unspecified atom stereocenters. The summed E-state index contributed by atoms with van der Waals surface area (Å²) in [6.07, 6.45) is 7.91. The van der Waals surface area contributed by atoms with Crippen molar-refractivity contribution in [2.24, 2.45) is 0 Å². The Morgan fingerprint density at radius 3 is 2.62 bits per heavy atom. The fourth-order valence-electron chi connectivity index (χ4n) is 4.57. The second-order valence-electron chi connectivity index (χ2n) is 9.64. The summed E-state index contributed by atoms with van der Waals surface area (Å²) >= 11 is 0. The smallest absolute Gasteiger partial charge is 0.257 e. The SMILES string of the molecule is Cc1ncc(C(=O)Nc2ccc(C3CCN(C(C)C)C3)cc2)cc1Nc1nccc(-c2cccnc2)n1. The zero-order valence-electron chi connectivity index (χ0n) is 21.3. The highest BCUT2D eigenvalue weighted by molar-refractivity contribution is 6.04. The van der Waals surface area contributed by atoms with Crippen molar-refractivity contribution in [3.8, 4) is 11.3 Å². The molecule has 1 aliphatic rings. The summed E-state index contributed by atoms with van der Waals surface area (Å²) in [7, 11) is 0. The topological polar surface area (TPSA) is 95.9 Å². The normalized spacial score (nSPS) is 15.6. The van der Waals surface area contributed by atoms with E-state index in [0.717, 1.165) is 35.7 Å². The lowest BCUT2D eigenvalue weighted by molar-refractivity contribution is 0.102. The maximum absolute atomic E-state index is 13.0. The first-order valence-electron chi connectivity index (χ1n) is 12.6. The van der Waals surface area contributed by atoms with Gasteiger partial charge < -0.3 is 15.5 Å². The lowest BCUT2D eigenvalue weighted by atomic mass is 9.98. The van der Waals surface area contributed by atoms with E-state index in [1.807, 2.05) is 37.3 Å². The highest BCUT2D eigenvalue weighted by atomic mass is 16.1. The number of amides is 1. The number of likely N-dealkylation sites (tertiary alicyclic amines) is 1. The molecule has 1 amide bonds. The molecule has 5 rings (SSSR count). The van der Waals surface area contributed by atoms with Crippen molar-refractivity contribution < 1.29 is 4.79 Å². The van der Waals surface area contributed by atoms with Crippen molar-refractivity contribution in [2.75, 3.05) is 23.7 Å². The molecule has 0 radical (unpaired) electrons. The van der Waals surface area contributed by atoms with E-state index in [4.69, 9.17) is 0 Å². The number of aromatic nitrogens is 4. The first-order chi connectivity index (χ1) is 18.0. The summed E-state index contributed by atoms with van der Waals surface area (Å²) in [4.78, 5) is 33.0. The van der Waals surface area contributed by atoms with Crippen LogP contribution in [0.5, 0.6) is 0 Å². The number of carbonyl (C=O) groups is 1. The Kier molecular flexibility index (Phi) is 7.18. The van der Waals surface area contributed by atoms with E-state index in [9.17, 15) is 4.79 Å². The van der Waals surface area contributed by atoms with Gasteiger partial charge in [-0.1, -0.05) is 12.1 Å². The van der Waals surface area contributed by atoms with Crippen molar-refractivity contribution in [1.29, 1.82) is 0 Å². The molecule has 1 fully saturated rings. The van der Waals surface area contributed by atoms with Gasteiger partial charge in [0, 0.05) is 48.6 Å². The zero-order valence-corrected chi connectivity index (χ0v) is 21.3. The van der Waals surface area contributed by atoms with Gasteiger partial charge in [0.1, 0.15) is 0 Å². The molecule has 188 valence electrons. The standard InChI is InChI=1S/C29H31N7O/c1-19(2)36-14-11-23(18-36)21-6-8-25(9-7-21)33-28(37)24-15-27(20(3)32-17-24)35-29-31-13-10-26(34-29)22-5-4-12-30-16-22/h4-10,12-13,15-17,19,23H,11,14,18H2,1-3H3,(H,33,37)(H,31,34,35). The van der Waals surface area contributed by atoms with Crippen LogP contribution in [0.2, 0.25) is 0 Å². The van der Waals surface area contributed by atoms with Gasteiger partial charge in [-0.15, -0.1) is 0 Å². The van der Waals surface area contributed by atoms with Crippen molar-refractivity contribution in [3.63, 3.8) is 0 Å². The van der Waals surface area contributed by atoms with E-state index in [1.165, 1.54) is 12.0 Å². The van der Waals surface area contributed by atoms with Crippen molar-refractivity contribution in [3.05, 3.63) is 90.1 Å². The average molecular weight is 494 g/mol. The Hall–Kier alpha value is -4.17. The first-order valence-corrected chi connectivity index (χ1v) is 12.6. The van der Waals surface area contributed by atoms with E-state index in [-0.39, 0.29) is 5.91 Å². The highest BCUT2D eigenvalue weighted by Gasteiger charge is 2.25. The molecule has 2 N–H and O–H groups in total. The minimum atomic E-state index is -0.222. The molecule has 37 heavy (non-hydrogen) atoms. The lowest BCUT2D eigenvalue weighted by Crippen LogP contribution is -2.27. The quantitative estimate of drug-likeness (QED) is 0.354. The number of nitrogens with zero attached hydrogens (tertiary/aromatic N) is 5. The summed E-state index contributed by atoms with van der Waals surface area (Å²) in [5.41, 5.74) is 5.58. The molecule has 1 aromatic carbocycles. The summed E-state index contributed by atoms with van der Waals surface area (Å²) in [5, 5.41) is 6.19. The number of nitrogens with one attached hydrogen (secondary N) is 2. The van der Waals surface area contributed by atoms with Crippen molar-refractivity contribution in [1.82, 2.24) is 24.8 Å². The molecule has 0 bridgehead atoms. The number of hydrogen-bond acceptors (Lipinski definition) is 7. The van der Waals surface area contributed by atoms with Gasteiger partial charge in [-0.25, -0.2) is 9.97 Å². The van der Waals surface area contributed by atoms with Crippen molar-refractivity contribution in [2.45, 2.75) is 39.2 Å². The van der Waals surface area contributed by atoms with E-state index in [1.54, 1.807) is 30.9 Å². The maximum Gasteiger partial charge on any atom is 0.257 e. The third kappa shape index (κ3) is 5.81. The van der Waals surface area contributed by atoms with E-state index in [0.29, 0.717) is 29.2 Å². The predicted octanol–water partition coefficient (Wildman–Crippen LogP) is 5.44. The molecule has 4 heterocycles. The Bertz CT molecular complexity index is 1370. The summed E-state index contributed by atoms with van der Waals surface area (Å²) < 4.78 is 0. The molecule has 3 aromatic heterocycles. The van der Waals surface area contributed by atoms with Gasteiger partial charge in [0.25, 0.3) is 5.91 Å². The summed E-state index contributed by atoms with van der Waals surface area (Å²) in [5.74, 6) is 0.739. The van der Waals surface area contributed by atoms with Crippen molar-refractivity contribution >= 4 is 23.2 Å². The molecular weight excluding hydrogens is 462 g/mol. The van der Waals surface area contributed by atoms with Crippen LogP contribution >= 0.6 is 0 Å². The van der Waals surface area contributed by atoms with E-state index < -0.39 is 0 Å². The monoisotopic (exact) mass is 493 g/mol. The van der Waals surface area contributed by atoms with Crippen LogP contribution in [-0.4, -0.2) is 49.9 Å². The van der Waals surface area contributed by atoms with Gasteiger partial charge >= 0.3 is 0 Å². The van der Waals surface area contributed by atoms with E-state index >= 15 is 0 Å². The third-order valence-electron chi connectivity index (χ3n) is 6.80. The molecule has 0 aliphatic carbocycles. The third-order valence-corrected chi connectivity index (χ3v) is 6.80. The number of benzene rings is 1. The number of anilines is 3. The second kappa shape index (κ2) is 10.8.